The van der Waals surface area contributed by atoms with Gasteiger partial charge in [0.25, 0.3) is 5.91 Å². The molecule has 0 unspecified atom stereocenters. The van der Waals surface area contributed by atoms with E-state index in [1.165, 1.54) is 0 Å². The molecule has 4 heteroatoms. The van der Waals surface area contributed by atoms with Gasteiger partial charge in [-0.15, -0.1) is 0 Å². The van der Waals surface area contributed by atoms with Gasteiger partial charge in [-0.05, 0) is 62.4 Å². The number of nitrogens with one attached hydrogen (secondary N) is 1. The molecule has 0 aliphatic heterocycles. The monoisotopic (exact) mass is 381 g/mol. The Kier molecular flexibility index (Phi) is 5.25. The van der Waals surface area contributed by atoms with Crippen LogP contribution in [0.5, 0.6) is 0 Å². The average Bonchev–Trinajstić information content (AvgIpc) is 2.75. The van der Waals surface area contributed by atoms with Crippen molar-refractivity contribution in [3.05, 3.63) is 96.7 Å². The Morgan fingerprint density at radius 2 is 1.45 bits per heavy atom. The molecular formula is C25H23N3O. The van der Waals surface area contributed by atoms with E-state index in [0.29, 0.717) is 5.69 Å². The second kappa shape index (κ2) is 8.15. The summed E-state index contributed by atoms with van der Waals surface area (Å²) in [5.74, 6) is -0.102. The predicted octanol–water partition coefficient (Wildman–Crippen LogP) is 6.03. The highest BCUT2D eigenvalue weighted by Crippen LogP contribution is 2.24. The molecule has 1 aromatic heterocycles. The molecule has 4 nitrogen and oxygen atoms in total. The van der Waals surface area contributed by atoms with Crippen molar-refractivity contribution < 1.29 is 4.79 Å². The minimum atomic E-state index is -0.102. The number of rotatable bonds is 5. The summed E-state index contributed by atoms with van der Waals surface area (Å²) in [6.45, 7) is 4.02. The standard InChI is InChI=1S/C25H23N3O/c1-18(2)28(25(29)24-17-12-19-8-6-7-11-23(19)27-24)22-15-13-21(14-16-22)26-20-9-4-3-5-10-20/h3-18,26H,1-2H3. The van der Waals surface area contributed by atoms with Gasteiger partial charge in [0.2, 0.25) is 0 Å². The highest BCUT2D eigenvalue weighted by Gasteiger charge is 2.22. The minimum absolute atomic E-state index is 0.00343. The van der Waals surface area contributed by atoms with Crippen molar-refractivity contribution in [3.63, 3.8) is 0 Å². The molecule has 0 aliphatic rings. The number of fused-ring (bicyclic) bond motifs is 1. The zero-order chi connectivity index (χ0) is 20.2. The number of para-hydroxylation sites is 2. The van der Waals surface area contributed by atoms with Gasteiger partial charge >= 0.3 is 0 Å². The third-order valence-corrected chi connectivity index (χ3v) is 4.76. The van der Waals surface area contributed by atoms with Gasteiger partial charge in [0, 0.05) is 28.5 Å². The Balaban J connectivity index is 1.60. The fourth-order valence-corrected chi connectivity index (χ4v) is 3.35. The summed E-state index contributed by atoms with van der Waals surface area (Å²) in [5.41, 5.74) is 4.12. The first-order valence-electron chi connectivity index (χ1n) is 9.73. The van der Waals surface area contributed by atoms with E-state index in [4.69, 9.17) is 0 Å². The number of pyridine rings is 1. The molecule has 3 aromatic carbocycles. The number of nitrogens with zero attached hydrogens (tertiary/aromatic N) is 2. The Hall–Kier alpha value is -3.66. The summed E-state index contributed by atoms with van der Waals surface area (Å²) in [6.07, 6.45) is 0. The lowest BCUT2D eigenvalue weighted by Crippen LogP contribution is -2.37. The number of amides is 1. The molecule has 4 aromatic rings. The van der Waals surface area contributed by atoms with Crippen molar-refractivity contribution in [1.29, 1.82) is 0 Å². The molecular weight excluding hydrogens is 358 g/mol. The van der Waals surface area contributed by atoms with Crippen LogP contribution in [0.3, 0.4) is 0 Å². The summed E-state index contributed by atoms with van der Waals surface area (Å²) in [4.78, 5) is 19.6. The Morgan fingerprint density at radius 1 is 0.793 bits per heavy atom. The van der Waals surface area contributed by atoms with Gasteiger partial charge in [-0.1, -0.05) is 42.5 Å². The lowest BCUT2D eigenvalue weighted by atomic mass is 10.1. The van der Waals surface area contributed by atoms with E-state index in [-0.39, 0.29) is 11.9 Å². The van der Waals surface area contributed by atoms with E-state index in [1.807, 2.05) is 98.8 Å². The predicted molar refractivity (Wildman–Crippen MR) is 120 cm³/mol. The number of carbonyl (C=O) groups is 1. The second-order valence-corrected chi connectivity index (χ2v) is 7.20. The van der Waals surface area contributed by atoms with Crippen LogP contribution >= 0.6 is 0 Å². The van der Waals surface area contributed by atoms with Crippen LogP contribution in [0.25, 0.3) is 10.9 Å². The van der Waals surface area contributed by atoms with Crippen molar-refractivity contribution in [3.8, 4) is 0 Å². The molecule has 0 radical (unpaired) electrons. The molecule has 1 heterocycles. The number of anilines is 3. The third kappa shape index (κ3) is 4.11. The molecule has 0 saturated carbocycles. The topological polar surface area (TPSA) is 45.2 Å². The summed E-state index contributed by atoms with van der Waals surface area (Å²) in [6, 6.07) is 29.5. The van der Waals surface area contributed by atoms with E-state index in [1.54, 1.807) is 11.0 Å². The van der Waals surface area contributed by atoms with Crippen LogP contribution < -0.4 is 10.2 Å². The van der Waals surface area contributed by atoms with Crippen LogP contribution in [-0.4, -0.2) is 16.9 Å². The van der Waals surface area contributed by atoms with E-state index < -0.39 is 0 Å². The lowest BCUT2D eigenvalue weighted by molar-refractivity contribution is 0.0976. The molecule has 0 spiro atoms. The number of hydrogen-bond donors (Lipinski definition) is 1. The number of benzene rings is 3. The fourth-order valence-electron chi connectivity index (χ4n) is 3.35. The fraction of sp³-hybridized carbons (Fsp3) is 0.120. The molecule has 0 aliphatic carbocycles. The van der Waals surface area contributed by atoms with Crippen molar-refractivity contribution in [2.45, 2.75) is 19.9 Å². The number of aromatic nitrogens is 1. The van der Waals surface area contributed by atoms with Crippen LogP contribution in [0.15, 0.2) is 91.0 Å². The number of carbonyl (C=O) groups excluding carboxylic acids is 1. The van der Waals surface area contributed by atoms with Crippen LogP contribution in [0.2, 0.25) is 0 Å². The average molecular weight is 381 g/mol. The molecule has 0 atom stereocenters. The van der Waals surface area contributed by atoms with Crippen LogP contribution in [0.4, 0.5) is 17.1 Å². The molecule has 1 N–H and O–H groups in total. The van der Waals surface area contributed by atoms with Crippen molar-refractivity contribution in [2.24, 2.45) is 0 Å². The van der Waals surface area contributed by atoms with Crippen LogP contribution in [-0.2, 0) is 0 Å². The molecule has 29 heavy (non-hydrogen) atoms. The molecule has 0 saturated heterocycles. The molecule has 1 amide bonds. The zero-order valence-corrected chi connectivity index (χ0v) is 16.5. The first kappa shape index (κ1) is 18.7. The van der Waals surface area contributed by atoms with Gasteiger partial charge in [0.05, 0.1) is 5.52 Å². The van der Waals surface area contributed by atoms with Gasteiger partial charge < -0.3 is 10.2 Å². The molecule has 144 valence electrons. The smallest absolute Gasteiger partial charge is 0.277 e. The maximum atomic E-state index is 13.3. The van der Waals surface area contributed by atoms with Gasteiger partial charge in [0.1, 0.15) is 5.69 Å². The van der Waals surface area contributed by atoms with Crippen LogP contribution in [0, 0.1) is 0 Å². The summed E-state index contributed by atoms with van der Waals surface area (Å²) in [5, 5.41) is 4.39. The van der Waals surface area contributed by atoms with Crippen molar-refractivity contribution in [2.75, 3.05) is 10.2 Å². The van der Waals surface area contributed by atoms with Gasteiger partial charge in [-0.25, -0.2) is 4.98 Å². The number of hydrogen-bond acceptors (Lipinski definition) is 3. The van der Waals surface area contributed by atoms with Crippen LogP contribution in [0.1, 0.15) is 24.3 Å². The third-order valence-electron chi connectivity index (χ3n) is 4.76. The molecule has 0 bridgehead atoms. The highest BCUT2D eigenvalue weighted by molar-refractivity contribution is 6.06. The molecule has 0 fully saturated rings. The second-order valence-electron chi connectivity index (χ2n) is 7.20. The normalized spacial score (nSPS) is 10.9. The highest BCUT2D eigenvalue weighted by atomic mass is 16.2. The van der Waals surface area contributed by atoms with E-state index >= 15 is 0 Å². The Bertz CT molecular complexity index is 1120. The minimum Gasteiger partial charge on any atom is -0.356 e. The quantitative estimate of drug-likeness (QED) is 0.459. The van der Waals surface area contributed by atoms with Gasteiger partial charge in [0.15, 0.2) is 0 Å². The van der Waals surface area contributed by atoms with Crippen molar-refractivity contribution >= 4 is 33.9 Å². The Labute approximate surface area is 170 Å². The first-order valence-corrected chi connectivity index (χ1v) is 9.73. The largest absolute Gasteiger partial charge is 0.356 e. The van der Waals surface area contributed by atoms with Crippen molar-refractivity contribution in [1.82, 2.24) is 4.98 Å². The first-order chi connectivity index (χ1) is 14.1. The lowest BCUT2D eigenvalue weighted by Gasteiger charge is -2.27. The molecule has 4 rings (SSSR count). The SMILES string of the molecule is CC(C)N(C(=O)c1ccc2ccccc2n1)c1ccc(Nc2ccccc2)cc1. The van der Waals surface area contributed by atoms with E-state index in [9.17, 15) is 4.79 Å². The van der Waals surface area contributed by atoms with E-state index in [0.717, 1.165) is 28.0 Å². The van der Waals surface area contributed by atoms with Gasteiger partial charge in [-0.3, -0.25) is 4.79 Å². The van der Waals surface area contributed by atoms with E-state index in [2.05, 4.69) is 10.3 Å². The van der Waals surface area contributed by atoms with Gasteiger partial charge in [-0.2, -0.15) is 0 Å². The summed E-state index contributed by atoms with van der Waals surface area (Å²) >= 11 is 0. The maximum Gasteiger partial charge on any atom is 0.277 e. The Morgan fingerprint density at radius 3 is 2.17 bits per heavy atom. The maximum absolute atomic E-state index is 13.3. The summed E-state index contributed by atoms with van der Waals surface area (Å²) in [7, 11) is 0. The zero-order valence-electron chi connectivity index (χ0n) is 16.5. The summed E-state index contributed by atoms with van der Waals surface area (Å²) < 4.78 is 0.